The van der Waals surface area contributed by atoms with E-state index >= 15 is 0 Å². The minimum atomic E-state index is 1.18. The highest BCUT2D eigenvalue weighted by Gasteiger charge is 2.13. The maximum Gasteiger partial charge on any atom is 0.0541 e. The van der Waals surface area contributed by atoms with Crippen LogP contribution in [0.1, 0.15) is 18.1 Å². The molecule has 0 saturated heterocycles. The highest BCUT2D eigenvalue weighted by Crippen LogP contribution is 2.37. The Kier molecular flexibility index (Phi) is 4.97. The minimum Gasteiger partial charge on any atom is -0.309 e. The zero-order chi connectivity index (χ0) is 24.9. The number of aromatic nitrogens is 1. The van der Waals surface area contributed by atoms with Crippen LogP contribution in [-0.2, 0) is 0 Å². The van der Waals surface area contributed by atoms with E-state index in [4.69, 9.17) is 0 Å². The predicted molar refractivity (Wildman–Crippen MR) is 161 cm³/mol. The van der Waals surface area contributed by atoms with E-state index in [1.54, 1.807) is 0 Å². The summed E-state index contributed by atoms with van der Waals surface area (Å²) in [7, 11) is 0. The molecule has 0 spiro atoms. The summed E-state index contributed by atoms with van der Waals surface area (Å²) in [5.74, 6) is 0. The Bertz CT molecular complexity index is 1950. The molecule has 0 aliphatic heterocycles. The molecule has 0 aliphatic carbocycles. The monoisotopic (exact) mass is 473 g/mol. The molecule has 0 fully saturated rings. The van der Waals surface area contributed by atoms with Crippen molar-refractivity contribution in [3.63, 3.8) is 0 Å². The number of hydrogen-bond acceptors (Lipinski definition) is 0. The van der Waals surface area contributed by atoms with Crippen LogP contribution in [0.5, 0.6) is 0 Å². The molecule has 0 radical (unpaired) electrons. The Labute approximate surface area is 216 Å². The highest BCUT2D eigenvalue weighted by atomic mass is 15.0. The predicted octanol–water partition coefficient (Wildman–Crippen LogP) is 10.1. The van der Waals surface area contributed by atoms with Crippen LogP contribution in [0.3, 0.4) is 0 Å². The Hall–Kier alpha value is -4.62. The summed E-state index contributed by atoms with van der Waals surface area (Å²) in [5.41, 5.74) is 8.75. The van der Waals surface area contributed by atoms with E-state index in [9.17, 15) is 0 Å². The summed E-state index contributed by atoms with van der Waals surface area (Å²) in [4.78, 5) is 0. The van der Waals surface area contributed by atoms with Crippen LogP contribution in [0.15, 0.2) is 121 Å². The van der Waals surface area contributed by atoms with Crippen molar-refractivity contribution in [2.75, 3.05) is 0 Å². The second-order valence-electron chi connectivity index (χ2n) is 9.76. The van der Waals surface area contributed by atoms with Gasteiger partial charge >= 0.3 is 0 Å². The summed E-state index contributed by atoms with van der Waals surface area (Å²) in [6.07, 6.45) is 4.37. The molecular weight excluding hydrogens is 446 g/mol. The molecule has 1 heterocycles. The number of nitrogens with zero attached hydrogens (tertiary/aromatic N) is 1. The van der Waals surface area contributed by atoms with Crippen LogP contribution in [-0.4, -0.2) is 4.57 Å². The van der Waals surface area contributed by atoms with E-state index in [1.807, 2.05) is 0 Å². The Morgan fingerprint density at radius 3 is 1.84 bits per heavy atom. The van der Waals surface area contributed by atoms with Gasteiger partial charge in [0.1, 0.15) is 0 Å². The Balaban J connectivity index is 1.46. The molecule has 7 aromatic rings. The van der Waals surface area contributed by atoms with Gasteiger partial charge in [-0.15, -0.1) is 0 Å². The fourth-order valence-electron chi connectivity index (χ4n) is 5.98. The van der Waals surface area contributed by atoms with Gasteiger partial charge < -0.3 is 4.57 Å². The average Bonchev–Trinajstić information content (AvgIpc) is 3.29. The molecule has 176 valence electrons. The number of hydrogen-bond donors (Lipinski definition) is 0. The zero-order valence-corrected chi connectivity index (χ0v) is 21.1. The maximum absolute atomic E-state index is 2.39. The zero-order valence-electron chi connectivity index (χ0n) is 21.1. The highest BCUT2D eigenvalue weighted by molar-refractivity contribution is 6.14. The molecule has 0 N–H and O–H groups in total. The van der Waals surface area contributed by atoms with Crippen molar-refractivity contribution in [1.29, 1.82) is 0 Å². The Morgan fingerprint density at radius 2 is 1.14 bits per heavy atom. The molecule has 1 aromatic heterocycles. The van der Waals surface area contributed by atoms with E-state index in [0.717, 1.165) is 0 Å². The summed E-state index contributed by atoms with van der Waals surface area (Å²) in [6.45, 7) is 4.33. The SMILES string of the molecule is CC=Cc1c(C)c2ccc(-c3cccc(-n4c5ccccc5c5ccccc54)c3)cc2c2ccccc12. The van der Waals surface area contributed by atoms with Gasteiger partial charge in [0.2, 0.25) is 0 Å². The lowest BCUT2D eigenvalue weighted by molar-refractivity contribution is 1.18. The smallest absolute Gasteiger partial charge is 0.0541 e. The van der Waals surface area contributed by atoms with Crippen LogP contribution in [0.4, 0.5) is 0 Å². The summed E-state index contributed by atoms with van der Waals surface area (Å²) >= 11 is 0. The number of para-hydroxylation sites is 2. The fraction of sp³-hybridized carbons (Fsp3) is 0.0556. The molecular formula is C36H27N. The first-order chi connectivity index (χ1) is 18.2. The molecule has 0 atom stereocenters. The van der Waals surface area contributed by atoms with Crippen LogP contribution >= 0.6 is 0 Å². The standard InChI is InChI=1S/C36H27N/c1-3-11-28-24(2)29-21-20-26(23-34(29)31-15-5-4-14-30(28)31)25-12-10-13-27(22-25)37-35-18-8-6-16-32(35)33-17-7-9-19-36(33)37/h3-23H,1-2H3. The molecule has 37 heavy (non-hydrogen) atoms. The van der Waals surface area contributed by atoms with Crippen molar-refractivity contribution in [2.24, 2.45) is 0 Å². The van der Waals surface area contributed by atoms with Crippen LogP contribution in [0.25, 0.3) is 66.2 Å². The van der Waals surface area contributed by atoms with Crippen molar-refractivity contribution >= 4 is 49.4 Å². The lowest BCUT2D eigenvalue weighted by atomic mass is 9.90. The van der Waals surface area contributed by atoms with Gasteiger partial charge in [0.15, 0.2) is 0 Å². The van der Waals surface area contributed by atoms with Gasteiger partial charge in [-0.2, -0.15) is 0 Å². The number of allylic oxidation sites excluding steroid dienone is 1. The van der Waals surface area contributed by atoms with Crippen molar-refractivity contribution in [1.82, 2.24) is 4.57 Å². The summed E-state index contributed by atoms with van der Waals surface area (Å²) < 4.78 is 2.39. The molecule has 1 heteroatoms. The Morgan fingerprint density at radius 1 is 0.514 bits per heavy atom. The van der Waals surface area contributed by atoms with Gasteiger partial charge in [0.25, 0.3) is 0 Å². The topological polar surface area (TPSA) is 4.93 Å². The first-order valence-corrected chi connectivity index (χ1v) is 12.9. The normalized spacial score (nSPS) is 11.9. The molecule has 0 saturated carbocycles. The number of fused-ring (bicyclic) bond motifs is 6. The van der Waals surface area contributed by atoms with E-state index in [0.29, 0.717) is 0 Å². The van der Waals surface area contributed by atoms with Gasteiger partial charge in [-0.1, -0.05) is 97.1 Å². The largest absolute Gasteiger partial charge is 0.309 e. The number of rotatable bonds is 3. The molecule has 7 rings (SSSR count). The second kappa shape index (κ2) is 8.50. The van der Waals surface area contributed by atoms with E-state index < -0.39 is 0 Å². The lowest BCUT2D eigenvalue weighted by Gasteiger charge is -2.15. The molecule has 0 bridgehead atoms. The molecule has 0 unspecified atom stereocenters. The third-order valence-electron chi connectivity index (χ3n) is 7.69. The maximum atomic E-state index is 2.39. The summed E-state index contributed by atoms with van der Waals surface area (Å²) in [5, 5.41) is 7.80. The first-order valence-electron chi connectivity index (χ1n) is 12.9. The molecule has 6 aromatic carbocycles. The van der Waals surface area contributed by atoms with Gasteiger partial charge in [-0.05, 0) is 88.0 Å². The first kappa shape index (κ1) is 21.6. The van der Waals surface area contributed by atoms with Crippen molar-refractivity contribution in [2.45, 2.75) is 13.8 Å². The van der Waals surface area contributed by atoms with Crippen LogP contribution in [0, 0.1) is 6.92 Å². The second-order valence-corrected chi connectivity index (χ2v) is 9.76. The van der Waals surface area contributed by atoms with E-state index in [-0.39, 0.29) is 0 Å². The molecule has 0 amide bonds. The molecule has 0 aliphatic rings. The van der Waals surface area contributed by atoms with Crippen molar-refractivity contribution in [3.05, 3.63) is 132 Å². The average molecular weight is 474 g/mol. The van der Waals surface area contributed by atoms with Gasteiger partial charge in [0.05, 0.1) is 11.0 Å². The van der Waals surface area contributed by atoms with Gasteiger partial charge in [0, 0.05) is 16.5 Å². The third-order valence-corrected chi connectivity index (χ3v) is 7.69. The third kappa shape index (κ3) is 3.32. The van der Waals surface area contributed by atoms with E-state index in [2.05, 4.69) is 146 Å². The van der Waals surface area contributed by atoms with Gasteiger partial charge in [-0.25, -0.2) is 0 Å². The van der Waals surface area contributed by atoms with E-state index in [1.165, 1.54) is 71.3 Å². The van der Waals surface area contributed by atoms with Crippen molar-refractivity contribution in [3.8, 4) is 16.8 Å². The minimum absolute atomic E-state index is 1.18. The van der Waals surface area contributed by atoms with Gasteiger partial charge in [-0.3, -0.25) is 0 Å². The quantitative estimate of drug-likeness (QED) is 0.225. The number of aryl methyl sites for hydroxylation is 1. The lowest BCUT2D eigenvalue weighted by Crippen LogP contribution is -1.94. The molecule has 1 nitrogen and oxygen atoms in total. The van der Waals surface area contributed by atoms with Crippen LogP contribution < -0.4 is 0 Å². The van der Waals surface area contributed by atoms with Crippen molar-refractivity contribution < 1.29 is 0 Å². The summed E-state index contributed by atoms with van der Waals surface area (Å²) in [6, 6.07) is 42.0. The fourth-order valence-corrected chi connectivity index (χ4v) is 5.98. The van der Waals surface area contributed by atoms with Crippen LogP contribution in [0.2, 0.25) is 0 Å². The number of benzene rings is 6.